The lowest BCUT2D eigenvalue weighted by Gasteiger charge is -2.33. The predicted octanol–water partition coefficient (Wildman–Crippen LogP) is 5.09. The Hall–Kier alpha value is -0.900. The van der Waals surface area contributed by atoms with E-state index in [1.807, 2.05) is 26.0 Å². The number of hydrogen-bond donors (Lipinski definition) is 1. The number of aryl methyl sites for hydroxylation is 2. The third-order valence-electron chi connectivity index (χ3n) is 7.01. The van der Waals surface area contributed by atoms with Crippen LogP contribution >= 0.6 is 36.2 Å². The summed E-state index contributed by atoms with van der Waals surface area (Å²) in [5, 5.41) is 0. The second-order valence-electron chi connectivity index (χ2n) is 9.17. The van der Waals surface area contributed by atoms with Crippen LogP contribution in [0.2, 0.25) is 0 Å². The van der Waals surface area contributed by atoms with Crippen LogP contribution in [0.25, 0.3) is 10.4 Å². The van der Waals surface area contributed by atoms with E-state index >= 15 is 0 Å². The molecule has 2 aliphatic heterocycles. The zero-order chi connectivity index (χ0) is 22.7. The number of nitrogens with one attached hydrogen (secondary N) is 1. The molecule has 0 spiro atoms. The minimum Gasteiger partial charge on any atom is -0.326 e. The molecule has 2 aromatic heterocycles. The molecule has 0 aliphatic carbocycles. The zero-order valence-electron chi connectivity index (χ0n) is 20.0. The molecule has 0 radical (unpaired) electrons. The molecule has 2 aromatic rings. The lowest BCUT2D eigenvalue weighted by atomic mass is 9.94. The van der Waals surface area contributed by atoms with Crippen molar-refractivity contribution < 1.29 is 8.42 Å². The third-order valence-corrected chi connectivity index (χ3v) is 10.5. The largest absolute Gasteiger partial charge is 0.326 e. The highest BCUT2D eigenvalue weighted by Crippen LogP contribution is 2.35. The summed E-state index contributed by atoms with van der Waals surface area (Å²) in [6.45, 7) is 8.63. The van der Waals surface area contributed by atoms with Gasteiger partial charge in [-0.15, -0.1) is 36.2 Å². The molecule has 34 heavy (non-hydrogen) atoms. The molecule has 4 rings (SSSR count). The molecule has 0 bridgehead atoms. The SMILES string of the molecule is CCc1cc(-c2ccc(S(=O)(=O)N3CCC(CCN4CCCCC4)CC3)s2)c(C)[nH]c1=O.Cl.Cl. The Balaban J connectivity index is 0.00000204. The molecule has 192 valence electrons. The highest BCUT2D eigenvalue weighted by atomic mass is 35.5. The van der Waals surface area contributed by atoms with Crippen LogP contribution in [0.1, 0.15) is 56.7 Å². The van der Waals surface area contributed by atoms with Crippen LogP contribution in [0.5, 0.6) is 0 Å². The second kappa shape index (κ2) is 12.9. The fourth-order valence-corrected chi connectivity index (χ4v) is 7.91. The zero-order valence-corrected chi connectivity index (χ0v) is 23.3. The van der Waals surface area contributed by atoms with Gasteiger partial charge in [0.25, 0.3) is 15.6 Å². The normalized spacial score (nSPS) is 18.3. The van der Waals surface area contributed by atoms with E-state index in [0.717, 1.165) is 41.1 Å². The first-order chi connectivity index (χ1) is 15.4. The van der Waals surface area contributed by atoms with E-state index in [4.69, 9.17) is 0 Å². The minimum absolute atomic E-state index is 0. The molecule has 4 heterocycles. The highest BCUT2D eigenvalue weighted by molar-refractivity contribution is 7.91. The summed E-state index contributed by atoms with van der Waals surface area (Å²) in [5.41, 5.74) is 2.33. The molecule has 6 nitrogen and oxygen atoms in total. The molecule has 0 aromatic carbocycles. The molecule has 1 N–H and O–H groups in total. The van der Waals surface area contributed by atoms with Gasteiger partial charge in [-0.1, -0.05) is 13.3 Å². The number of aromatic amines is 1. The molecular formula is C24H37Cl2N3O3S2. The van der Waals surface area contributed by atoms with Gasteiger partial charge in [0.2, 0.25) is 0 Å². The molecule has 0 amide bonds. The van der Waals surface area contributed by atoms with E-state index in [0.29, 0.717) is 29.6 Å². The van der Waals surface area contributed by atoms with Gasteiger partial charge >= 0.3 is 0 Å². The number of hydrogen-bond acceptors (Lipinski definition) is 5. The van der Waals surface area contributed by atoms with Crippen molar-refractivity contribution in [3.63, 3.8) is 0 Å². The summed E-state index contributed by atoms with van der Waals surface area (Å²) in [5.74, 6) is 0.624. The average molecular weight is 551 g/mol. The van der Waals surface area contributed by atoms with Gasteiger partial charge in [-0.05, 0) is 89.2 Å². The number of H-pyrrole nitrogens is 1. The van der Waals surface area contributed by atoms with Gasteiger partial charge in [0.05, 0.1) is 0 Å². The second-order valence-corrected chi connectivity index (χ2v) is 12.4. The summed E-state index contributed by atoms with van der Waals surface area (Å²) in [6.07, 6.45) is 7.72. The average Bonchev–Trinajstić information content (AvgIpc) is 3.30. The monoisotopic (exact) mass is 549 g/mol. The number of rotatable bonds is 7. The Bertz CT molecular complexity index is 1090. The van der Waals surface area contributed by atoms with Crippen LogP contribution in [-0.4, -0.2) is 55.3 Å². The number of sulfonamides is 1. The number of pyridine rings is 1. The van der Waals surface area contributed by atoms with Gasteiger partial charge in [-0.3, -0.25) is 4.79 Å². The van der Waals surface area contributed by atoms with Crippen LogP contribution in [-0.2, 0) is 16.4 Å². The molecule has 2 fully saturated rings. The van der Waals surface area contributed by atoms with Crippen molar-refractivity contribution >= 4 is 46.2 Å². The maximum Gasteiger partial charge on any atom is 0.252 e. The smallest absolute Gasteiger partial charge is 0.252 e. The Labute approximate surface area is 220 Å². The Morgan fingerprint density at radius 1 is 1.06 bits per heavy atom. The molecule has 10 heteroatoms. The number of piperidine rings is 2. The van der Waals surface area contributed by atoms with Crippen molar-refractivity contribution in [3.05, 3.63) is 39.8 Å². The molecular weight excluding hydrogens is 513 g/mol. The van der Waals surface area contributed by atoms with Crippen molar-refractivity contribution in [3.8, 4) is 10.4 Å². The van der Waals surface area contributed by atoms with Gasteiger partial charge in [-0.25, -0.2) is 8.42 Å². The number of aromatic nitrogens is 1. The Morgan fingerprint density at radius 3 is 2.38 bits per heavy atom. The summed E-state index contributed by atoms with van der Waals surface area (Å²) < 4.78 is 28.6. The van der Waals surface area contributed by atoms with Crippen LogP contribution < -0.4 is 5.56 Å². The van der Waals surface area contributed by atoms with Gasteiger partial charge in [0, 0.05) is 34.8 Å². The summed E-state index contributed by atoms with van der Waals surface area (Å²) >= 11 is 1.30. The van der Waals surface area contributed by atoms with E-state index in [1.54, 1.807) is 10.4 Å². The molecule has 0 unspecified atom stereocenters. The quantitative estimate of drug-likeness (QED) is 0.521. The maximum atomic E-state index is 13.3. The van der Waals surface area contributed by atoms with Crippen LogP contribution in [0, 0.1) is 12.8 Å². The van der Waals surface area contributed by atoms with Gasteiger partial charge in [-0.2, -0.15) is 4.31 Å². The summed E-state index contributed by atoms with van der Waals surface area (Å²) in [7, 11) is -3.48. The van der Waals surface area contributed by atoms with Crippen molar-refractivity contribution in [2.45, 2.75) is 63.0 Å². The van der Waals surface area contributed by atoms with Gasteiger partial charge < -0.3 is 9.88 Å². The van der Waals surface area contributed by atoms with Crippen molar-refractivity contribution in [1.82, 2.24) is 14.2 Å². The fraction of sp³-hybridized carbons (Fsp3) is 0.625. The fourth-order valence-electron chi connectivity index (χ4n) is 4.90. The maximum absolute atomic E-state index is 13.3. The first-order valence-corrected chi connectivity index (χ1v) is 14.2. The first kappa shape index (κ1) is 29.3. The van der Waals surface area contributed by atoms with Crippen LogP contribution in [0.15, 0.2) is 27.2 Å². The lowest BCUT2D eigenvalue weighted by Crippen LogP contribution is -2.39. The highest BCUT2D eigenvalue weighted by Gasteiger charge is 2.31. The first-order valence-electron chi connectivity index (χ1n) is 11.9. The van der Waals surface area contributed by atoms with E-state index in [9.17, 15) is 13.2 Å². The van der Waals surface area contributed by atoms with Crippen molar-refractivity contribution in [2.75, 3.05) is 32.7 Å². The molecule has 0 saturated carbocycles. The lowest BCUT2D eigenvalue weighted by molar-refractivity contribution is 0.190. The number of thiophene rings is 1. The van der Waals surface area contributed by atoms with Crippen LogP contribution in [0.3, 0.4) is 0 Å². The molecule has 0 atom stereocenters. The van der Waals surface area contributed by atoms with E-state index in [-0.39, 0.29) is 30.4 Å². The summed E-state index contributed by atoms with van der Waals surface area (Å²) in [4.78, 5) is 18.4. The molecule has 2 saturated heterocycles. The minimum atomic E-state index is -3.48. The van der Waals surface area contributed by atoms with E-state index in [1.165, 1.54) is 50.1 Å². The summed E-state index contributed by atoms with van der Waals surface area (Å²) in [6, 6.07) is 5.47. The third kappa shape index (κ3) is 6.65. The standard InChI is InChI=1S/C24H35N3O3S2.2ClH/c1-3-20-17-21(18(2)25-24(20)28)22-7-8-23(31-22)32(29,30)27-15-10-19(11-16-27)9-14-26-12-5-4-6-13-26;;/h7-8,17,19H,3-6,9-16H2,1-2H3,(H,25,28);2*1H. The Morgan fingerprint density at radius 2 is 1.74 bits per heavy atom. The van der Waals surface area contributed by atoms with E-state index < -0.39 is 10.0 Å². The van der Waals surface area contributed by atoms with E-state index in [2.05, 4.69) is 9.88 Å². The predicted molar refractivity (Wildman–Crippen MR) is 145 cm³/mol. The van der Waals surface area contributed by atoms with Crippen molar-refractivity contribution in [1.29, 1.82) is 0 Å². The number of halogens is 2. The number of nitrogens with zero attached hydrogens (tertiary/aromatic N) is 2. The molecule has 2 aliphatic rings. The van der Waals surface area contributed by atoms with Gasteiger partial charge in [0.15, 0.2) is 0 Å². The Kier molecular flexibility index (Phi) is 11.1. The topological polar surface area (TPSA) is 73.5 Å². The van der Waals surface area contributed by atoms with Gasteiger partial charge in [0.1, 0.15) is 4.21 Å². The van der Waals surface area contributed by atoms with Crippen molar-refractivity contribution in [2.24, 2.45) is 5.92 Å². The number of likely N-dealkylation sites (tertiary alicyclic amines) is 1. The van der Waals surface area contributed by atoms with Crippen LogP contribution in [0.4, 0.5) is 0 Å².